The number of halogens is 34. The molecule has 0 heterocycles. The Balaban J connectivity index is 8.00. The first kappa shape index (κ1) is 50.7. The molecule has 320 valence electrons. The van der Waals surface area contributed by atoms with Crippen LogP contribution in [0.3, 0.4) is 0 Å². The Morgan fingerprint density at radius 1 is 0.208 bits per heavy atom. The Morgan fingerprint density at radius 2 is 0.358 bits per heavy atom. The Kier molecular flexibility index (Phi) is 12.1. The second-order valence-electron chi connectivity index (χ2n) is 9.02. The van der Waals surface area contributed by atoms with Crippen molar-refractivity contribution in [2.75, 3.05) is 0 Å². The molecule has 0 aliphatic rings. The molecule has 0 rings (SSSR count). The number of hydrogen-bond donors (Lipinski definition) is 0. The van der Waals surface area contributed by atoms with Gasteiger partial charge in [-0.15, -0.1) is 39.5 Å². The van der Waals surface area contributed by atoms with E-state index in [-0.39, 0.29) is 0 Å². The van der Waals surface area contributed by atoms with Crippen molar-refractivity contribution in [2.24, 2.45) is 0 Å². The molecule has 3 nitrogen and oxygen atoms in total. The molecular formula is C15F34O3Si. The van der Waals surface area contributed by atoms with Gasteiger partial charge in [0, 0.05) is 0 Å². The minimum atomic E-state index is -10.8. The van der Waals surface area contributed by atoms with Crippen LogP contribution in [-0.4, -0.2) is 98.8 Å². The molecule has 0 aliphatic carbocycles. The van der Waals surface area contributed by atoms with Crippen LogP contribution >= 0.6 is 0 Å². The van der Waals surface area contributed by atoms with Gasteiger partial charge in [0.15, 0.2) is 0 Å². The summed E-state index contributed by atoms with van der Waals surface area (Å²) in [7, 11) is -10.8. The molecule has 38 heteroatoms. The van der Waals surface area contributed by atoms with Crippen molar-refractivity contribution in [1.82, 2.24) is 0 Å². The van der Waals surface area contributed by atoms with Crippen molar-refractivity contribution in [3.8, 4) is 0 Å². The molecule has 0 bridgehead atoms. The highest BCUT2D eigenvalue weighted by atomic mass is 28.4. The fourth-order valence-electron chi connectivity index (χ4n) is 2.86. The summed E-state index contributed by atoms with van der Waals surface area (Å²) in [6.07, 6.45) is -32.2. The smallest absolute Gasteiger partial charge is 0.280 e. The second-order valence-corrected chi connectivity index (χ2v) is 11.4. The molecule has 0 saturated heterocycles. The third kappa shape index (κ3) is 7.40. The first-order valence-electron chi connectivity index (χ1n) is 10.7. The van der Waals surface area contributed by atoms with Crippen LogP contribution in [0.15, 0.2) is 0 Å². The molecule has 0 radical (unpaired) electrons. The van der Waals surface area contributed by atoms with E-state index in [2.05, 4.69) is 0 Å². The van der Waals surface area contributed by atoms with Crippen LogP contribution in [0.2, 0.25) is 0 Å². The number of rotatable bonds is 14. The standard InChI is InChI=1S/C15F34O3Si/c16-1(17,3(20,21)5(24,25)7(28,29)9(32,33)11(36,37)38)2(18,19)4(22,23)6(26,27)8(30,31)10(34,35)12(39,40)53(50-13(41,42)43,51-14(44,45)46)52-15(47,48)49. The van der Waals surface area contributed by atoms with E-state index >= 15 is 0 Å². The van der Waals surface area contributed by atoms with Crippen LogP contribution in [0.4, 0.5) is 149 Å². The summed E-state index contributed by atoms with van der Waals surface area (Å²) in [5.41, 5.74) is -9.54. The molecule has 0 aliphatic heterocycles. The van der Waals surface area contributed by atoms with E-state index in [1.165, 1.54) is 13.3 Å². The van der Waals surface area contributed by atoms with Gasteiger partial charge >= 0.3 is 98.8 Å². The normalized spacial score (nSPS) is 17.1. The Bertz CT molecular complexity index is 1260. The van der Waals surface area contributed by atoms with E-state index in [0.29, 0.717) is 0 Å². The van der Waals surface area contributed by atoms with Crippen molar-refractivity contribution in [1.29, 1.82) is 0 Å². The quantitative estimate of drug-likeness (QED) is 0.128. The van der Waals surface area contributed by atoms with Crippen molar-refractivity contribution in [2.45, 2.75) is 90.0 Å². The van der Waals surface area contributed by atoms with Gasteiger partial charge in [-0.25, -0.2) is 0 Å². The zero-order valence-corrected chi connectivity index (χ0v) is 23.1. The van der Waals surface area contributed by atoms with Gasteiger partial charge in [0.05, 0.1) is 0 Å². The van der Waals surface area contributed by atoms with Crippen LogP contribution in [-0.2, 0) is 13.3 Å². The van der Waals surface area contributed by atoms with Gasteiger partial charge in [0.25, 0.3) is 0 Å². The SMILES string of the molecule is FC(F)(F)O[Si](OC(F)(F)F)(OC(F)(F)F)C(F)(F)C(F)(F)C(F)(F)C(F)(F)C(F)(F)C(F)(F)C(F)(F)C(F)(F)C(F)(F)C(F)(F)C(F)(F)C(F)(F)F. The summed E-state index contributed by atoms with van der Waals surface area (Å²) in [6.45, 7) is 0. The maximum atomic E-state index is 14.3. The van der Waals surface area contributed by atoms with Crippen molar-refractivity contribution in [3.63, 3.8) is 0 Å². The first-order chi connectivity index (χ1) is 22.1. The number of hydrogen-bond acceptors (Lipinski definition) is 3. The lowest BCUT2D eigenvalue weighted by atomic mass is 9.85. The lowest BCUT2D eigenvalue weighted by molar-refractivity contribution is -0.482. The first-order valence-corrected chi connectivity index (χ1v) is 12.4. The Labute approximate surface area is 263 Å². The van der Waals surface area contributed by atoms with Crippen LogP contribution in [0.25, 0.3) is 0 Å². The monoisotopic (exact) mass is 902 g/mol. The van der Waals surface area contributed by atoms with Gasteiger partial charge in [-0.2, -0.15) is 110 Å². The van der Waals surface area contributed by atoms with Crippen LogP contribution in [0.5, 0.6) is 0 Å². The van der Waals surface area contributed by atoms with E-state index in [9.17, 15) is 149 Å². The van der Waals surface area contributed by atoms with Crippen molar-refractivity contribution < 1.29 is 163 Å². The second kappa shape index (κ2) is 12.6. The predicted octanol–water partition coefficient (Wildman–Crippen LogP) is 10.6. The lowest BCUT2D eigenvalue weighted by Gasteiger charge is -2.46. The average molecular weight is 902 g/mol. The largest absolute Gasteiger partial charge is 0.601 e. The van der Waals surface area contributed by atoms with E-state index in [0.717, 1.165) is 0 Å². The van der Waals surface area contributed by atoms with E-state index in [4.69, 9.17) is 0 Å². The topological polar surface area (TPSA) is 27.7 Å². The average Bonchev–Trinajstić information content (AvgIpc) is 2.83. The Hall–Kier alpha value is -2.28. The summed E-state index contributed by atoms with van der Waals surface area (Å²) in [5.74, 6) is -99.0. The third-order valence-corrected chi connectivity index (χ3v) is 8.02. The molecule has 0 aromatic heterocycles. The molecule has 0 saturated carbocycles. The summed E-state index contributed by atoms with van der Waals surface area (Å²) in [4.78, 5) is 0. The van der Waals surface area contributed by atoms with Gasteiger partial charge in [-0.05, 0) is 0 Å². The van der Waals surface area contributed by atoms with E-state index in [1.54, 1.807) is 0 Å². The maximum Gasteiger partial charge on any atom is 0.601 e. The molecule has 0 N–H and O–H groups in total. The molecular weight excluding hydrogens is 902 g/mol. The molecule has 0 fully saturated rings. The summed E-state index contributed by atoms with van der Waals surface area (Å²) >= 11 is 0. The summed E-state index contributed by atoms with van der Waals surface area (Å²) < 4.78 is 453. The highest BCUT2D eigenvalue weighted by Gasteiger charge is 3.01. The molecule has 0 unspecified atom stereocenters. The van der Waals surface area contributed by atoms with E-state index in [1.807, 2.05) is 0 Å². The fourth-order valence-corrected chi connectivity index (χ4v) is 4.82. The highest BCUT2D eigenvalue weighted by Crippen LogP contribution is 2.68. The maximum absolute atomic E-state index is 14.3. The molecule has 0 amide bonds. The van der Waals surface area contributed by atoms with E-state index < -0.39 is 98.8 Å². The minimum absolute atomic E-state index is 1.20. The molecule has 0 aromatic rings. The van der Waals surface area contributed by atoms with Gasteiger partial charge < -0.3 is 0 Å². The van der Waals surface area contributed by atoms with Gasteiger partial charge in [0.2, 0.25) is 0 Å². The predicted molar refractivity (Wildman–Crippen MR) is 87.6 cm³/mol. The lowest BCUT2D eigenvalue weighted by Crippen LogP contribution is -2.81. The zero-order chi connectivity index (χ0) is 44.1. The van der Waals surface area contributed by atoms with Gasteiger partial charge in [-0.1, -0.05) is 0 Å². The highest BCUT2D eigenvalue weighted by molar-refractivity contribution is 6.64. The van der Waals surface area contributed by atoms with Crippen LogP contribution < -0.4 is 0 Å². The molecule has 0 atom stereocenters. The summed E-state index contributed by atoms with van der Waals surface area (Å²) in [6, 6.07) is 0. The van der Waals surface area contributed by atoms with Gasteiger partial charge in [-0.3, -0.25) is 13.3 Å². The summed E-state index contributed by atoms with van der Waals surface area (Å²) in [5, 5.41) is 0. The fraction of sp³-hybridized carbons (Fsp3) is 1.00. The molecule has 0 aromatic carbocycles. The van der Waals surface area contributed by atoms with Gasteiger partial charge in [0.1, 0.15) is 0 Å². The molecule has 53 heavy (non-hydrogen) atoms. The third-order valence-electron chi connectivity index (χ3n) is 5.43. The zero-order valence-electron chi connectivity index (χ0n) is 22.1. The van der Waals surface area contributed by atoms with Crippen molar-refractivity contribution >= 4 is 8.80 Å². The number of alkyl halides is 34. The van der Waals surface area contributed by atoms with Crippen LogP contribution in [0, 0.1) is 0 Å². The van der Waals surface area contributed by atoms with Crippen molar-refractivity contribution in [3.05, 3.63) is 0 Å². The minimum Gasteiger partial charge on any atom is -0.280 e. The van der Waals surface area contributed by atoms with Crippen LogP contribution in [0.1, 0.15) is 0 Å². The molecule has 0 spiro atoms. The Morgan fingerprint density at radius 3 is 0.509 bits per heavy atom.